The fraction of sp³-hybridized carbons (Fsp3) is 0.538. The molecule has 0 spiro atoms. The van der Waals surface area contributed by atoms with Crippen LogP contribution < -0.4 is 0 Å². The lowest BCUT2D eigenvalue weighted by Crippen LogP contribution is -2.48. The molecule has 1 unspecified atom stereocenters. The zero-order valence-corrected chi connectivity index (χ0v) is 12.1. The molecule has 0 aliphatic carbocycles. The highest BCUT2D eigenvalue weighted by molar-refractivity contribution is 7.89. The number of aliphatic hydroxyl groups is 1. The molecule has 1 aromatic rings. The lowest BCUT2D eigenvalue weighted by molar-refractivity contribution is 0.0313. The van der Waals surface area contributed by atoms with Crippen molar-refractivity contribution in [3.8, 4) is 0 Å². The van der Waals surface area contributed by atoms with Gasteiger partial charge >= 0.3 is 0 Å². The first-order chi connectivity index (χ1) is 9.50. The van der Waals surface area contributed by atoms with Crippen LogP contribution in [-0.2, 0) is 21.4 Å². The maximum Gasteiger partial charge on any atom is 0.246 e. The zero-order valence-electron chi connectivity index (χ0n) is 11.3. The Balaban J connectivity index is 2.38. The molecule has 0 bridgehead atoms. The van der Waals surface area contributed by atoms with Crippen molar-refractivity contribution in [3.63, 3.8) is 0 Å². The molecule has 1 saturated heterocycles. The Kier molecular flexibility index (Phi) is 4.74. The molecule has 1 fully saturated rings. The maximum absolute atomic E-state index is 14.0. The second kappa shape index (κ2) is 6.17. The van der Waals surface area contributed by atoms with E-state index in [4.69, 9.17) is 9.84 Å². The summed E-state index contributed by atoms with van der Waals surface area (Å²) in [5.74, 6) is -0.835. The average Bonchev–Trinajstić information content (AvgIpc) is 2.46. The minimum Gasteiger partial charge on any atom is -0.392 e. The van der Waals surface area contributed by atoms with Gasteiger partial charge in [0.05, 0.1) is 19.8 Å². The number of sulfonamides is 1. The van der Waals surface area contributed by atoms with Crippen LogP contribution in [0.2, 0.25) is 0 Å². The van der Waals surface area contributed by atoms with Crippen molar-refractivity contribution >= 4 is 10.0 Å². The van der Waals surface area contributed by atoms with Crippen LogP contribution in [0.1, 0.15) is 18.9 Å². The fourth-order valence-corrected chi connectivity index (χ4v) is 3.97. The first kappa shape index (κ1) is 15.4. The highest BCUT2D eigenvalue weighted by Gasteiger charge is 2.34. The molecule has 1 aliphatic rings. The number of hydrogen-bond donors (Lipinski definition) is 1. The van der Waals surface area contributed by atoms with Crippen LogP contribution in [0.5, 0.6) is 0 Å². The molecule has 1 aliphatic heterocycles. The van der Waals surface area contributed by atoms with Crippen molar-refractivity contribution in [1.82, 2.24) is 4.31 Å². The van der Waals surface area contributed by atoms with Crippen molar-refractivity contribution in [2.24, 2.45) is 0 Å². The van der Waals surface area contributed by atoms with E-state index >= 15 is 0 Å². The minimum absolute atomic E-state index is 0.224. The molecule has 7 heteroatoms. The molecule has 0 amide bonds. The summed E-state index contributed by atoms with van der Waals surface area (Å²) in [5, 5.41) is 8.94. The van der Waals surface area contributed by atoms with Gasteiger partial charge in [0, 0.05) is 12.6 Å². The summed E-state index contributed by atoms with van der Waals surface area (Å²) in [4.78, 5) is -0.352. The van der Waals surface area contributed by atoms with E-state index in [1.165, 1.54) is 16.4 Å². The summed E-state index contributed by atoms with van der Waals surface area (Å²) in [6, 6.07) is 3.40. The molecule has 1 N–H and O–H groups in total. The molecule has 1 aromatic carbocycles. The SMILES string of the molecule is CCC1COCCN1S(=O)(=O)c1ccc(CO)cc1F. The minimum atomic E-state index is -3.88. The Morgan fingerprint density at radius 3 is 2.85 bits per heavy atom. The first-order valence-corrected chi connectivity index (χ1v) is 7.93. The van der Waals surface area contributed by atoms with Gasteiger partial charge < -0.3 is 9.84 Å². The van der Waals surface area contributed by atoms with E-state index in [0.717, 1.165) is 6.07 Å². The van der Waals surface area contributed by atoms with Crippen LogP contribution in [0.3, 0.4) is 0 Å². The van der Waals surface area contributed by atoms with E-state index in [9.17, 15) is 12.8 Å². The molecule has 2 rings (SSSR count). The lowest BCUT2D eigenvalue weighted by atomic mass is 10.2. The van der Waals surface area contributed by atoms with Crippen molar-refractivity contribution < 1.29 is 22.7 Å². The number of nitrogens with zero attached hydrogens (tertiary/aromatic N) is 1. The number of rotatable bonds is 4. The van der Waals surface area contributed by atoms with Crippen LogP contribution in [0, 0.1) is 5.82 Å². The van der Waals surface area contributed by atoms with Crippen molar-refractivity contribution in [3.05, 3.63) is 29.6 Å². The number of aliphatic hydroxyl groups excluding tert-OH is 1. The zero-order chi connectivity index (χ0) is 14.8. The van der Waals surface area contributed by atoms with Gasteiger partial charge in [-0.25, -0.2) is 12.8 Å². The normalized spacial score (nSPS) is 21.1. The monoisotopic (exact) mass is 303 g/mol. The third kappa shape index (κ3) is 2.85. The summed E-state index contributed by atoms with van der Waals surface area (Å²) in [6.07, 6.45) is 0.607. The number of ether oxygens (including phenoxy) is 1. The van der Waals surface area contributed by atoms with Crippen LogP contribution in [0.25, 0.3) is 0 Å². The highest BCUT2D eigenvalue weighted by atomic mass is 32.2. The van der Waals surface area contributed by atoms with Crippen molar-refractivity contribution in [2.45, 2.75) is 30.9 Å². The van der Waals surface area contributed by atoms with E-state index in [0.29, 0.717) is 25.2 Å². The number of benzene rings is 1. The van der Waals surface area contributed by atoms with E-state index < -0.39 is 15.8 Å². The van der Waals surface area contributed by atoms with Gasteiger partial charge in [-0.1, -0.05) is 13.0 Å². The smallest absolute Gasteiger partial charge is 0.246 e. The van der Waals surface area contributed by atoms with E-state index in [1.807, 2.05) is 6.92 Å². The van der Waals surface area contributed by atoms with Gasteiger partial charge in [0.2, 0.25) is 10.0 Å². The van der Waals surface area contributed by atoms with Crippen LogP contribution in [-0.4, -0.2) is 43.6 Å². The lowest BCUT2D eigenvalue weighted by Gasteiger charge is -2.34. The van der Waals surface area contributed by atoms with Gasteiger partial charge in [0.1, 0.15) is 10.7 Å². The molecule has 5 nitrogen and oxygen atoms in total. The van der Waals surface area contributed by atoms with E-state index in [1.54, 1.807) is 0 Å². The third-order valence-electron chi connectivity index (χ3n) is 3.41. The second-order valence-electron chi connectivity index (χ2n) is 4.68. The van der Waals surface area contributed by atoms with Crippen molar-refractivity contribution in [2.75, 3.05) is 19.8 Å². The summed E-state index contributed by atoms with van der Waals surface area (Å²) in [6.45, 7) is 2.40. The Labute approximate surface area is 118 Å². The topological polar surface area (TPSA) is 66.8 Å². The molecule has 0 saturated carbocycles. The Hall–Kier alpha value is -1.02. The molecular formula is C13H18FNO4S. The predicted molar refractivity (Wildman–Crippen MR) is 71.1 cm³/mol. The van der Waals surface area contributed by atoms with E-state index in [2.05, 4.69) is 0 Å². The fourth-order valence-electron chi connectivity index (χ4n) is 2.26. The Morgan fingerprint density at radius 2 is 2.25 bits per heavy atom. The standard InChI is InChI=1S/C13H18FNO4S/c1-2-11-9-19-6-5-15(11)20(17,18)13-4-3-10(8-16)7-12(13)14/h3-4,7,11,16H,2,5-6,8-9H2,1H3. The summed E-state index contributed by atoms with van der Waals surface area (Å²) in [7, 11) is -3.88. The van der Waals surface area contributed by atoms with Crippen molar-refractivity contribution in [1.29, 1.82) is 0 Å². The van der Waals surface area contributed by atoms with Crippen LogP contribution in [0.4, 0.5) is 4.39 Å². The van der Waals surface area contributed by atoms with Gasteiger partial charge in [0.25, 0.3) is 0 Å². The van der Waals surface area contributed by atoms with Gasteiger partial charge in [-0.15, -0.1) is 0 Å². The summed E-state index contributed by atoms with van der Waals surface area (Å²) in [5.41, 5.74) is 0.343. The van der Waals surface area contributed by atoms with E-state index in [-0.39, 0.29) is 24.1 Å². The van der Waals surface area contributed by atoms with Gasteiger partial charge in [-0.3, -0.25) is 0 Å². The Morgan fingerprint density at radius 1 is 1.50 bits per heavy atom. The van der Waals surface area contributed by atoms with Gasteiger partial charge in [0.15, 0.2) is 0 Å². The average molecular weight is 303 g/mol. The van der Waals surface area contributed by atoms with Crippen LogP contribution >= 0.6 is 0 Å². The highest BCUT2D eigenvalue weighted by Crippen LogP contribution is 2.24. The molecule has 112 valence electrons. The molecule has 0 radical (unpaired) electrons. The van der Waals surface area contributed by atoms with Crippen LogP contribution in [0.15, 0.2) is 23.1 Å². The molecule has 0 aromatic heterocycles. The number of morpholine rings is 1. The Bertz CT molecular complexity index is 576. The van der Waals surface area contributed by atoms with Gasteiger partial charge in [-0.2, -0.15) is 4.31 Å². The molecular weight excluding hydrogens is 285 g/mol. The predicted octanol–water partition coefficient (Wildman–Crippen LogP) is 1.12. The first-order valence-electron chi connectivity index (χ1n) is 6.49. The maximum atomic E-state index is 14.0. The summed E-state index contributed by atoms with van der Waals surface area (Å²) < 4.78 is 45.6. The van der Waals surface area contributed by atoms with Gasteiger partial charge in [-0.05, 0) is 24.1 Å². The molecule has 1 heterocycles. The summed E-state index contributed by atoms with van der Waals surface area (Å²) >= 11 is 0. The number of halogens is 1. The largest absolute Gasteiger partial charge is 0.392 e. The molecule has 1 atom stereocenters. The quantitative estimate of drug-likeness (QED) is 0.905. The number of hydrogen-bond acceptors (Lipinski definition) is 4. The molecule has 20 heavy (non-hydrogen) atoms. The second-order valence-corrected chi connectivity index (χ2v) is 6.53. The third-order valence-corrected chi connectivity index (χ3v) is 5.40.